The lowest BCUT2D eigenvalue weighted by Gasteiger charge is -2.20. The van der Waals surface area contributed by atoms with Crippen LogP contribution >= 0.6 is 0 Å². The molecule has 1 saturated heterocycles. The van der Waals surface area contributed by atoms with Crippen molar-refractivity contribution in [1.29, 1.82) is 0 Å². The van der Waals surface area contributed by atoms with Crippen molar-refractivity contribution in [3.8, 4) is 0 Å². The highest BCUT2D eigenvalue weighted by atomic mass is 16.1. The van der Waals surface area contributed by atoms with Crippen LogP contribution in [0.3, 0.4) is 0 Å². The van der Waals surface area contributed by atoms with Crippen LogP contribution in [-0.2, 0) is 0 Å². The third kappa shape index (κ3) is 3.91. The second-order valence-corrected chi connectivity index (χ2v) is 5.27. The van der Waals surface area contributed by atoms with Crippen LogP contribution < -0.4 is 10.2 Å². The molecule has 1 aromatic rings. The molecule has 0 spiro atoms. The SMILES string of the molecule is CC(C)NC(=O)c1ccnc(N2CCCCCC2)n1. The number of hydrogen-bond donors (Lipinski definition) is 1. The molecule has 2 heterocycles. The van der Waals surface area contributed by atoms with E-state index in [1.807, 2.05) is 13.8 Å². The molecule has 0 bridgehead atoms. The van der Waals surface area contributed by atoms with Crippen molar-refractivity contribution in [3.63, 3.8) is 0 Å². The molecule has 1 aromatic heterocycles. The maximum absolute atomic E-state index is 11.9. The molecule has 0 radical (unpaired) electrons. The van der Waals surface area contributed by atoms with Crippen molar-refractivity contribution in [3.05, 3.63) is 18.0 Å². The van der Waals surface area contributed by atoms with Crippen molar-refractivity contribution in [1.82, 2.24) is 15.3 Å². The zero-order chi connectivity index (χ0) is 13.7. The standard InChI is InChI=1S/C14H22N4O/c1-11(2)16-13(19)12-7-8-15-14(17-12)18-9-5-3-4-6-10-18/h7-8,11H,3-6,9-10H2,1-2H3,(H,16,19). The van der Waals surface area contributed by atoms with Crippen LogP contribution in [0.25, 0.3) is 0 Å². The summed E-state index contributed by atoms with van der Waals surface area (Å²) in [5.74, 6) is 0.548. The second-order valence-electron chi connectivity index (χ2n) is 5.27. The van der Waals surface area contributed by atoms with Gasteiger partial charge in [0.05, 0.1) is 0 Å². The number of carbonyl (C=O) groups excluding carboxylic acids is 1. The van der Waals surface area contributed by atoms with E-state index in [9.17, 15) is 4.79 Å². The molecule has 0 saturated carbocycles. The van der Waals surface area contributed by atoms with Gasteiger partial charge in [0.2, 0.25) is 5.95 Å². The largest absolute Gasteiger partial charge is 0.349 e. The van der Waals surface area contributed by atoms with E-state index in [1.54, 1.807) is 12.3 Å². The first-order valence-electron chi connectivity index (χ1n) is 7.05. The first-order chi connectivity index (χ1) is 9.16. The Morgan fingerprint density at radius 2 is 1.95 bits per heavy atom. The van der Waals surface area contributed by atoms with Gasteiger partial charge in [-0.2, -0.15) is 0 Å². The zero-order valence-electron chi connectivity index (χ0n) is 11.7. The highest BCUT2D eigenvalue weighted by Crippen LogP contribution is 2.15. The predicted octanol–water partition coefficient (Wildman–Crippen LogP) is 2.00. The maximum Gasteiger partial charge on any atom is 0.270 e. The lowest BCUT2D eigenvalue weighted by atomic mass is 10.2. The van der Waals surface area contributed by atoms with Gasteiger partial charge >= 0.3 is 0 Å². The van der Waals surface area contributed by atoms with Crippen molar-refractivity contribution < 1.29 is 4.79 Å². The van der Waals surface area contributed by atoms with Gasteiger partial charge in [-0.3, -0.25) is 4.79 Å². The second kappa shape index (κ2) is 6.50. The minimum Gasteiger partial charge on any atom is -0.349 e. The van der Waals surface area contributed by atoms with Gasteiger partial charge in [-0.1, -0.05) is 12.8 Å². The normalized spacial score (nSPS) is 16.3. The van der Waals surface area contributed by atoms with Crippen LogP contribution in [0.4, 0.5) is 5.95 Å². The number of aromatic nitrogens is 2. The summed E-state index contributed by atoms with van der Waals surface area (Å²) in [7, 11) is 0. The summed E-state index contributed by atoms with van der Waals surface area (Å²) < 4.78 is 0. The van der Waals surface area contributed by atoms with E-state index < -0.39 is 0 Å². The number of nitrogens with zero attached hydrogens (tertiary/aromatic N) is 3. The topological polar surface area (TPSA) is 58.1 Å². The van der Waals surface area contributed by atoms with Gasteiger partial charge in [0.1, 0.15) is 5.69 Å². The summed E-state index contributed by atoms with van der Waals surface area (Å²) in [6.45, 7) is 5.84. The van der Waals surface area contributed by atoms with Crippen molar-refractivity contribution in [2.45, 2.75) is 45.6 Å². The number of hydrogen-bond acceptors (Lipinski definition) is 4. The van der Waals surface area contributed by atoms with E-state index in [2.05, 4.69) is 20.2 Å². The Labute approximate surface area is 114 Å². The lowest BCUT2D eigenvalue weighted by Crippen LogP contribution is -2.32. The molecule has 1 amide bonds. The molecule has 0 aliphatic carbocycles. The Morgan fingerprint density at radius 1 is 1.26 bits per heavy atom. The number of anilines is 1. The molecular formula is C14H22N4O. The van der Waals surface area contributed by atoms with Gasteiger partial charge < -0.3 is 10.2 Å². The van der Waals surface area contributed by atoms with E-state index in [4.69, 9.17) is 0 Å². The minimum atomic E-state index is -0.131. The molecule has 5 nitrogen and oxygen atoms in total. The van der Waals surface area contributed by atoms with Gasteiger partial charge in [-0.15, -0.1) is 0 Å². The van der Waals surface area contributed by atoms with Crippen LogP contribution in [0, 0.1) is 0 Å². The molecule has 1 aliphatic heterocycles. The van der Waals surface area contributed by atoms with Gasteiger partial charge in [0.15, 0.2) is 0 Å². The van der Waals surface area contributed by atoms with E-state index in [0.29, 0.717) is 11.6 Å². The first kappa shape index (κ1) is 13.8. The molecule has 0 unspecified atom stereocenters. The fraction of sp³-hybridized carbons (Fsp3) is 0.643. The average Bonchev–Trinajstić information content (AvgIpc) is 2.67. The maximum atomic E-state index is 11.9. The quantitative estimate of drug-likeness (QED) is 0.905. The Balaban J connectivity index is 2.11. The summed E-state index contributed by atoms with van der Waals surface area (Å²) in [5.41, 5.74) is 0.447. The Kier molecular flexibility index (Phi) is 4.71. The minimum absolute atomic E-state index is 0.115. The van der Waals surface area contributed by atoms with Crippen LogP contribution in [0.5, 0.6) is 0 Å². The summed E-state index contributed by atoms with van der Waals surface area (Å²) in [5, 5.41) is 2.85. The number of amides is 1. The van der Waals surface area contributed by atoms with E-state index in [0.717, 1.165) is 13.1 Å². The van der Waals surface area contributed by atoms with Crippen LogP contribution in [0.2, 0.25) is 0 Å². The van der Waals surface area contributed by atoms with Gasteiger partial charge in [-0.05, 0) is 32.8 Å². The molecule has 1 aliphatic rings. The van der Waals surface area contributed by atoms with E-state index in [1.165, 1.54) is 25.7 Å². The molecule has 0 atom stereocenters. The lowest BCUT2D eigenvalue weighted by molar-refractivity contribution is 0.0938. The summed E-state index contributed by atoms with van der Waals surface area (Å²) in [4.78, 5) is 22.8. The molecular weight excluding hydrogens is 240 g/mol. The average molecular weight is 262 g/mol. The Bertz CT molecular complexity index is 425. The van der Waals surface area contributed by atoms with Gasteiger partial charge in [-0.25, -0.2) is 9.97 Å². The molecule has 1 N–H and O–H groups in total. The van der Waals surface area contributed by atoms with Crippen LogP contribution in [-0.4, -0.2) is 35.0 Å². The molecule has 0 aromatic carbocycles. The summed E-state index contributed by atoms with van der Waals surface area (Å²) in [6.07, 6.45) is 6.55. The Hall–Kier alpha value is -1.65. The molecule has 5 heteroatoms. The van der Waals surface area contributed by atoms with Gasteiger partial charge in [0, 0.05) is 25.3 Å². The first-order valence-corrected chi connectivity index (χ1v) is 7.05. The van der Waals surface area contributed by atoms with Crippen molar-refractivity contribution in [2.75, 3.05) is 18.0 Å². The number of carbonyl (C=O) groups is 1. The van der Waals surface area contributed by atoms with Gasteiger partial charge in [0.25, 0.3) is 5.91 Å². The fourth-order valence-electron chi connectivity index (χ4n) is 2.23. The number of rotatable bonds is 3. The van der Waals surface area contributed by atoms with Crippen LogP contribution in [0.1, 0.15) is 50.0 Å². The predicted molar refractivity (Wildman–Crippen MR) is 75.3 cm³/mol. The molecule has 104 valence electrons. The van der Waals surface area contributed by atoms with Crippen molar-refractivity contribution in [2.24, 2.45) is 0 Å². The third-order valence-corrected chi connectivity index (χ3v) is 3.18. The highest BCUT2D eigenvalue weighted by molar-refractivity contribution is 5.92. The zero-order valence-corrected chi connectivity index (χ0v) is 11.7. The smallest absolute Gasteiger partial charge is 0.270 e. The van der Waals surface area contributed by atoms with Crippen molar-refractivity contribution >= 4 is 11.9 Å². The molecule has 19 heavy (non-hydrogen) atoms. The van der Waals surface area contributed by atoms with Crippen LogP contribution in [0.15, 0.2) is 12.3 Å². The summed E-state index contributed by atoms with van der Waals surface area (Å²) >= 11 is 0. The Morgan fingerprint density at radius 3 is 2.58 bits per heavy atom. The highest BCUT2D eigenvalue weighted by Gasteiger charge is 2.15. The summed E-state index contributed by atoms with van der Waals surface area (Å²) in [6, 6.07) is 1.78. The molecule has 1 fully saturated rings. The monoisotopic (exact) mass is 262 g/mol. The van der Waals surface area contributed by atoms with E-state index in [-0.39, 0.29) is 11.9 Å². The van der Waals surface area contributed by atoms with E-state index >= 15 is 0 Å². The number of nitrogens with one attached hydrogen (secondary N) is 1. The molecule has 2 rings (SSSR count). The fourth-order valence-corrected chi connectivity index (χ4v) is 2.23. The third-order valence-electron chi connectivity index (χ3n) is 3.18.